The van der Waals surface area contributed by atoms with E-state index in [0.717, 1.165) is 17.1 Å². The molecule has 3 atom stereocenters. The molecular formula is C15H24N2O3. The van der Waals surface area contributed by atoms with Gasteiger partial charge >= 0.3 is 0 Å². The molecule has 0 saturated heterocycles. The van der Waals surface area contributed by atoms with Crippen LogP contribution >= 0.6 is 0 Å². The largest absolute Gasteiger partial charge is 0.486 e. The Morgan fingerprint density at radius 1 is 1.25 bits per heavy atom. The second-order valence-corrected chi connectivity index (χ2v) is 5.31. The lowest BCUT2D eigenvalue weighted by Crippen LogP contribution is -2.39. The summed E-state index contributed by atoms with van der Waals surface area (Å²) in [4.78, 5) is 0. The number of rotatable bonds is 6. The number of fused-ring (bicyclic) bond motifs is 1. The molecule has 112 valence electrons. The van der Waals surface area contributed by atoms with Crippen molar-refractivity contribution in [2.75, 3.05) is 26.4 Å². The molecule has 0 saturated carbocycles. The molecule has 5 heteroatoms. The average molecular weight is 280 g/mol. The molecule has 0 aliphatic carbocycles. The summed E-state index contributed by atoms with van der Waals surface area (Å²) in [5, 5.41) is 12.7. The Kier molecular flexibility index (Phi) is 5.23. The van der Waals surface area contributed by atoms with Crippen LogP contribution in [0, 0.1) is 5.92 Å². The van der Waals surface area contributed by atoms with Crippen molar-refractivity contribution in [2.45, 2.75) is 25.9 Å². The highest BCUT2D eigenvalue weighted by atomic mass is 16.6. The van der Waals surface area contributed by atoms with Gasteiger partial charge in [-0.2, -0.15) is 0 Å². The highest BCUT2D eigenvalue weighted by Crippen LogP contribution is 2.32. The lowest BCUT2D eigenvalue weighted by molar-refractivity contribution is 0.171. The van der Waals surface area contributed by atoms with Gasteiger partial charge < -0.3 is 25.6 Å². The highest BCUT2D eigenvalue weighted by molar-refractivity contribution is 5.44. The van der Waals surface area contributed by atoms with Gasteiger partial charge in [-0.25, -0.2) is 0 Å². The number of aliphatic hydroxyl groups excluding tert-OH is 1. The van der Waals surface area contributed by atoms with Gasteiger partial charge in [-0.05, 0) is 30.5 Å². The van der Waals surface area contributed by atoms with Crippen LogP contribution in [0.15, 0.2) is 18.2 Å². The minimum absolute atomic E-state index is 0.0369. The van der Waals surface area contributed by atoms with Crippen molar-refractivity contribution in [3.05, 3.63) is 23.8 Å². The molecule has 20 heavy (non-hydrogen) atoms. The number of benzene rings is 1. The molecule has 5 nitrogen and oxygen atoms in total. The van der Waals surface area contributed by atoms with Crippen molar-refractivity contribution >= 4 is 0 Å². The first-order valence-corrected chi connectivity index (χ1v) is 7.12. The molecule has 2 rings (SSSR count). The first kappa shape index (κ1) is 15.1. The van der Waals surface area contributed by atoms with Crippen LogP contribution in [0.3, 0.4) is 0 Å². The van der Waals surface area contributed by atoms with Crippen molar-refractivity contribution < 1.29 is 14.6 Å². The Hall–Kier alpha value is -1.30. The normalized spacial score (nSPS) is 18.4. The lowest BCUT2D eigenvalue weighted by Gasteiger charge is -2.27. The van der Waals surface area contributed by atoms with E-state index in [-0.39, 0.29) is 24.6 Å². The second-order valence-electron chi connectivity index (χ2n) is 5.31. The van der Waals surface area contributed by atoms with E-state index in [0.29, 0.717) is 19.8 Å². The zero-order valence-corrected chi connectivity index (χ0v) is 12.1. The van der Waals surface area contributed by atoms with E-state index in [1.807, 2.05) is 25.1 Å². The number of ether oxygens (including phenoxy) is 2. The van der Waals surface area contributed by atoms with E-state index in [9.17, 15) is 5.11 Å². The summed E-state index contributed by atoms with van der Waals surface area (Å²) < 4.78 is 11.1. The fraction of sp³-hybridized carbons (Fsp3) is 0.600. The summed E-state index contributed by atoms with van der Waals surface area (Å²) in [7, 11) is 0. The van der Waals surface area contributed by atoms with Gasteiger partial charge in [0, 0.05) is 25.2 Å². The van der Waals surface area contributed by atoms with Crippen LogP contribution in [0.25, 0.3) is 0 Å². The van der Waals surface area contributed by atoms with Gasteiger partial charge in [-0.1, -0.05) is 13.0 Å². The molecule has 1 aliphatic heterocycles. The minimum Gasteiger partial charge on any atom is -0.486 e. The molecule has 0 fully saturated rings. The third kappa shape index (κ3) is 3.42. The fourth-order valence-electron chi connectivity index (χ4n) is 2.22. The molecule has 0 spiro atoms. The fourth-order valence-corrected chi connectivity index (χ4v) is 2.22. The Morgan fingerprint density at radius 2 is 1.95 bits per heavy atom. The van der Waals surface area contributed by atoms with Gasteiger partial charge in [0.2, 0.25) is 0 Å². The number of nitrogens with one attached hydrogen (secondary N) is 1. The maximum absolute atomic E-state index is 9.21. The number of aliphatic hydroxyl groups is 1. The van der Waals surface area contributed by atoms with Crippen molar-refractivity contribution in [3.8, 4) is 11.5 Å². The van der Waals surface area contributed by atoms with Gasteiger partial charge in [0.1, 0.15) is 13.2 Å². The Labute approximate surface area is 120 Å². The molecule has 1 aromatic carbocycles. The predicted molar refractivity (Wildman–Crippen MR) is 78.1 cm³/mol. The topological polar surface area (TPSA) is 76.7 Å². The summed E-state index contributed by atoms with van der Waals surface area (Å²) in [5.74, 6) is 1.74. The van der Waals surface area contributed by atoms with E-state index in [2.05, 4.69) is 12.2 Å². The van der Waals surface area contributed by atoms with Crippen molar-refractivity contribution in [1.29, 1.82) is 0 Å². The summed E-state index contributed by atoms with van der Waals surface area (Å²) in [6, 6.07) is 6.13. The summed E-state index contributed by atoms with van der Waals surface area (Å²) in [6.07, 6.45) is 0. The molecule has 0 radical (unpaired) electrons. The molecule has 0 aromatic heterocycles. The van der Waals surface area contributed by atoms with Crippen LogP contribution < -0.4 is 20.5 Å². The van der Waals surface area contributed by atoms with Gasteiger partial charge in [0.05, 0.1) is 0 Å². The Bertz CT molecular complexity index is 439. The third-order valence-electron chi connectivity index (χ3n) is 3.81. The summed E-state index contributed by atoms with van der Waals surface area (Å²) >= 11 is 0. The molecule has 1 aromatic rings. The van der Waals surface area contributed by atoms with E-state index in [1.165, 1.54) is 0 Å². The number of nitrogens with two attached hydrogens (primary N) is 1. The zero-order valence-electron chi connectivity index (χ0n) is 12.1. The maximum Gasteiger partial charge on any atom is 0.161 e. The first-order chi connectivity index (χ1) is 9.65. The highest BCUT2D eigenvalue weighted by Gasteiger charge is 2.19. The molecular weight excluding hydrogens is 256 g/mol. The summed E-state index contributed by atoms with van der Waals surface area (Å²) in [6.45, 7) is 5.89. The van der Waals surface area contributed by atoms with Crippen LogP contribution in [-0.4, -0.2) is 37.5 Å². The summed E-state index contributed by atoms with van der Waals surface area (Å²) in [5.41, 5.74) is 6.95. The number of hydrogen-bond acceptors (Lipinski definition) is 5. The van der Waals surface area contributed by atoms with E-state index >= 15 is 0 Å². The molecule has 3 unspecified atom stereocenters. The number of hydrogen-bond donors (Lipinski definition) is 3. The van der Waals surface area contributed by atoms with E-state index in [1.54, 1.807) is 0 Å². The van der Waals surface area contributed by atoms with Crippen LogP contribution in [0.2, 0.25) is 0 Å². The molecule has 4 N–H and O–H groups in total. The second kappa shape index (κ2) is 6.92. The van der Waals surface area contributed by atoms with Crippen molar-refractivity contribution in [2.24, 2.45) is 11.7 Å². The van der Waals surface area contributed by atoms with Gasteiger partial charge in [0.15, 0.2) is 11.5 Å². The lowest BCUT2D eigenvalue weighted by atomic mass is 10.0. The quantitative estimate of drug-likeness (QED) is 0.726. The maximum atomic E-state index is 9.21. The SMILES string of the molecule is CC(CO)C(C)NC(CN)c1ccc2c(c1)OCCO2. The van der Waals surface area contributed by atoms with E-state index < -0.39 is 0 Å². The average Bonchev–Trinajstić information content (AvgIpc) is 2.51. The Balaban J connectivity index is 2.11. The van der Waals surface area contributed by atoms with Crippen molar-refractivity contribution in [1.82, 2.24) is 5.32 Å². The zero-order chi connectivity index (χ0) is 14.5. The minimum atomic E-state index is 0.0369. The Morgan fingerprint density at radius 3 is 2.60 bits per heavy atom. The molecule has 1 aliphatic rings. The van der Waals surface area contributed by atoms with E-state index in [4.69, 9.17) is 15.2 Å². The predicted octanol–water partition coefficient (Wildman–Crippen LogP) is 1.06. The van der Waals surface area contributed by atoms with Crippen LogP contribution in [-0.2, 0) is 0 Å². The first-order valence-electron chi connectivity index (χ1n) is 7.12. The standard InChI is InChI=1S/C15H24N2O3/c1-10(9-18)11(2)17-13(8-16)12-3-4-14-15(7-12)20-6-5-19-14/h3-4,7,10-11,13,17-18H,5-6,8-9,16H2,1-2H3. The van der Waals surface area contributed by atoms with Gasteiger partial charge in [0.25, 0.3) is 0 Å². The smallest absolute Gasteiger partial charge is 0.161 e. The van der Waals surface area contributed by atoms with Gasteiger partial charge in [-0.15, -0.1) is 0 Å². The van der Waals surface area contributed by atoms with Crippen LogP contribution in [0.1, 0.15) is 25.5 Å². The van der Waals surface area contributed by atoms with Crippen LogP contribution in [0.5, 0.6) is 11.5 Å². The molecule has 0 amide bonds. The molecule has 1 heterocycles. The van der Waals surface area contributed by atoms with Gasteiger partial charge in [-0.3, -0.25) is 0 Å². The third-order valence-corrected chi connectivity index (χ3v) is 3.81. The van der Waals surface area contributed by atoms with Crippen LogP contribution in [0.4, 0.5) is 0 Å². The monoisotopic (exact) mass is 280 g/mol. The molecule has 0 bridgehead atoms. The van der Waals surface area contributed by atoms with Crippen molar-refractivity contribution in [3.63, 3.8) is 0 Å².